The molecule has 0 spiro atoms. The van der Waals surface area contributed by atoms with Gasteiger partial charge in [-0.15, -0.1) is 0 Å². The largest absolute Gasteiger partial charge is 0.497 e. The van der Waals surface area contributed by atoms with Crippen molar-refractivity contribution in [3.05, 3.63) is 83.4 Å². The van der Waals surface area contributed by atoms with Gasteiger partial charge in [-0.2, -0.15) is 0 Å². The minimum atomic E-state index is -0.394. The smallest absolute Gasteiger partial charge is 0.270 e. The Balaban J connectivity index is 1.28. The molecule has 9 nitrogen and oxygen atoms in total. The third kappa shape index (κ3) is 7.02. The maximum absolute atomic E-state index is 12.6. The lowest BCUT2D eigenvalue weighted by atomic mass is 10.1. The Labute approximate surface area is 210 Å². The van der Waals surface area contributed by atoms with Crippen LogP contribution in [0.1, 0.15) is 44.9 Å². The van der Waals surface area contributed by atoms with Crippen molar-refractivity contribution in [2.24, 2.45) is 0 Å². The van der Waals surface area contributed by atoms with Crippen molar-refractivity contribution in [3.63, 3.8) is 0 Å². The maximum atomic E-state index is 12.6. The number of carbonyl (C=O) groups is 2. The molecule has 0 aliphatic carbocycles. The number of likely N-dealkylation sites (N-methyl/N-ethyl adjacent to an activating group) is 1. The molecule has 188 valence electrons. The molecule has 3 aromatic rings. The van der Waals surface area contributed by atoms with Crippen molar-refractivity contribution in [2.45, 2.75) is 32.0 Å². The van der Waals surface area contributed by atoms with E-state index in [-0.39, 0.29) is 23.4 Å². The Morgan fingerprint density at radius 1 is 0.944 bits per heavy atom. The summed E-state index contributed by atoms with van der Waals surface area (Å²) in [6.45, 7) is 2.67. The summed E-state index contributed by atoms with van der Waals surface area (Å²) in [7, 11) is 3.70. The third-order valence-electron chi connectivity index (χ3n) is 5.98. The normalized spacial score (nSPS) is 15.7. The van der Waals surface area contributed by atoms with Crippen LogP contribution in [0.4, 0.5) is 0 Å². The van der Waals surface area contributed by atoms with E-state index in [9.17, 15) is 9.59 Å². The second-order valence-electron chi connectivity index (χ2n) is 8.79. The molecule has 2 heterocycles. The van der Waals surface area contributed by atoms with Gasteiger partial charge in [0.1, 0.15) is 35.3 Å². The number of methoxy groups -OCH3 is 1. The van der Waals surface area contributed by atoms with Gasteiger partial charge in [0.05, 0.1) is 7.11 Å². The van der Waals surface area contributed by atoms with E-state index in [4.69, 9.17) is 9.47 Å². The average molecular weight is 490 g/mol. The highest BCUT2D eigenvalue weighted by molar-refractivity contribution is 5.97. The first-order valence-electron chi connectivity index (χ1n) is 12.0. The molecule has 1 aliphatic rings. The minimum Gasteiger partial charge on any atom is -0.497 e. The van der Waals surface area contributed by atoms with E-state index in [1.54, 1.807) is 7.11 Å². The van der Waals surface area contributed by atoms with Crippen LogP contribution in [0.2, 0.25) is 0 Å². The Hall–Kier alpha value is -3.98. The molecule has 0 saturated carbocycles. The van der Waals surface area contributed by atoms with Gasteiger partial charge in [-0.1, -0.05) is 24.3 Å². The predicted octanol–water partition coefficient (Wildman–Crippen LogP) is 2.82. The van der Waals surface area contributed by atoms with Gasteiger partial charge in [0.2, 0.25) is 0 Å². The minimum absolute atomic E-state index is 0.118. The number of nitrogens with one attached hydrogen (secondary N) is 2. The summed E-state index contributed by atoms with van der Waals surface area (Å²) in [6.07, 6.45) is 3.61. The quantitative estimate of drug-likeness (QED) is 0.476. The standard InChI is InChI=1S/C27H31N5O4/c1-32-12-4-7-23(17-32)36-21-10-8-19(9-11-21)15-28-26(33)24-14-25(31-18-30-24)27(34)29-16-20-5-3-6-22(13-20)35-2/h3,5-6,8-11,13-14,18,23H,4,7,12,15-17H2,1-2H3,(H,28,33)(H,29,34). The van der Waals surface area contributed by atoms with E-state index < -0.39 is 5.91 Å². The van der Waals surface area contributed by atoms with Gasteiger partial charge in [0.15, 0.2) is 0 Å². The van der Waals surface area contributed by atoms with Crippen LogP contribution in [0.25, 0.3) is 0 Å². The summed E-state index contributed by atoms with van der Waals surface area (Å²) in [5, 5.41) is 5.63. The molecule has 4 rings (SSSR count). The first-order valence-corrected chi connectivity index (χ1v) is 12.0. The lowest BCUT2D eigenvalue weighted by Crippen LogP contribution is -2.38. The fourth-order valence-corrected chi connectivity index (χ4v) is 4.03. The molecule has 2 aromatic carbocycles. The number of likely N-dealkylation sites (tertiary alicyclic amines) is 1. The molecular formula is C27H31N5O4. The lowest BCUT2D eigenvalue weighted by molar-refractivity contribution is 0.0944. The first kappa shape index (κ1) is 25.1. The monoisotopic (exact) mass is 489 g/mol. The highest BCUT2D eigenvalue weighted by Gasteiger charge is 2.18. The van der Waals surface area contributed by atoms with E-state index in [1.807, 2.05) is 48.5 Å². The molecule has 0 bridgehead atoms. The van der Waals surface area contributed by atoms with Gasteiger partial charge in [0, 0.05) is 25.7 Å². The molecule has 9 heteroatoms. The molecule has 36 heavy (non-hydrogen) atoms. The van der Waals surface area contributed by atoms with E-state index in [0.717, 1.165) is 42.8 Å². The van der Waals surface area contributed by atoms with Crippen LogP contribution in [0, 0.1) is 0 Å². The molecule has 2 N–H and O–H groups in total. The van der Waals surface area contributed by atoms with E-state index in [0.29, 0.717) is 18.8 Å². The van der Waals surface area contributed by atoms with Crippen molar-refractivity contribution in [1.29, 1.82) is 0 Å². The van der Waals surface area contributed by atoms with Crippen LogP contribution in [0.3, 0.4) is 0 Å². The van der Waals surface area contributed by atoms with Gasteiger partial charge >= 0.3 is 0 Å². The number of nitrogens with zero attached hydrogens (tertiary/aromatic N) is 3. The Kier molecular flexibility index (Phi) is 8.46. The highest BCUT2D eigenvalue weighted by Crippen LogP contribution is 2.19. The van der Waals surface area contributed by atoms with Crippen molar-refractivity contribution < 1.29 is 19.1 Å². The molecule has 1 aliphatic heterocycles. The van der Waals surface area contributed by atoms with E-state index in [1.165, 1.54) is 12.4 Å². The summed E-state index contributed by atoms with van der Waals surface area (Å²) < 4.78 is 11.3. The van der Waals surface area contributed by atoms with Gasteiger partial charge in [-0.05, 0) is 61.8 Å². The van der Waals surface area contributed by atoms with Crippen LogP contribution >= 0.6 is 0 Å². The maximum Gasteiger partial charge on any atom is 0.270 e. The number of amides is 2. The van der Waals surface area contributed by atoms with Gasteiger partial charge < -0.3 is 25.0 Å². The summed E-state index contributed by atoms with van der Waals surface area (Å²) in [4.78, 5) is 35.5. The van der Waals surface area contributed by atoms with E-state index >= 15 is 0 Å². The number of piperidine rings is 1. The number of rotatable bonds is 9. The van der Waals surface area contributed by atoms with Gasteiger partial charge in [-0.25, -0.2) is 9.97 Å². The number of benzene rings is 2. The second-order valence-corrected chi connectivity index (χ2v) is 8.79. The Morgan fingerprint density at radius 2 is 1.64 bits per heavy atom. The van der Waals surface area contributed by atoms with Crippen LogP contribution in [0.5, 0.6) is 11.5 Å². The van der Waals surface area contributed by atoms with Gasteiger partial charge in [-0.3, -0.25) is 9.59 Å². The zero-order chi connectivity index (χ0) is 25.3. The molecule has 1 aromatic heterocycles. The Morgan fingerprint density at radius 3 is 2.31 bits per heavy atom. The molecule has 2 amide bonds. The number of ether oxygens (including phenoxy) is 2. The van der Waals surface area contributed by atoms with Crippen molar-refractivity contribution in [3.8, 4) is 11.5 Å². The molecule has 1 atom stereocenters. The molecular weight excluding hydrogens is 458 g/mol. The van der Waals surface area contributed by atoms with Crippen LogP contribution in [0.15, 0.2) is 60.9 Å². The fraction of sp³-hybridized carbons (Fsp3) is 0.333. The van der Waals surface area contributed by atoms with Gasteiger partial charge in [0.25, 0.3) is 11.8 Å². The summed E-state index contributed by atoms with van der Waals surface area (Å²) in [6, 6.07) is 16.5. The summed E-state index contributed by atoms with van der Waals surface area (Å²) >= 11 is 0. The molecule has 1 fully saturated rings. The van der Waals surface area contributed by atoms with Crippen LogP contribution in [-0.4, -0.2) is 60.0 Å². The second kappa shape index (κ2) is 12.1. The third-order valence-corrected chi connectivity index (χ3v) is 5.98. The Bertz CT molecular complexity index is 1180. The van der Waals surface area contributed by atoms with E-state index in [2.05, 4.69) is 32.5 Å². The number of hydrogen-bond donors (Lipinski definition) is 2. The number of carbonyl (C=O) groups excluding carboxylic acids is 2. The van der Waals surface area contributed by atoms with Crippen molar-refractivity contribution >= 4 is 11.8 Å². The molecule has 1 saturated heterocycles. The predicted molar refractivity (Wildman–Crippen MR) is 135 cm³/mol. The van der Waals surface area contributed by atoms with Crippen LogP contribution in [-0.2, 0) is 13.1 Å². The lowest BCUT2D eigenvalue weighted by Gasteiger charge is -2.30. The SMILES string of the molecule is COc1cccc(CNC(=O)c2cc(C(=O)NCc3ccc(OC4CCCN(C)C4)cc3)ncn2)c1. The summed E-state index contributed by atoms with van der Waals surface area (Å²) in [5.41, 5.74) is 2.06. The molecule has 0 radical (unpaired) electrons. The molecule has 1 unspecified atom stereocenters. The first-order chi connectivity index (χ1) is 17.5. The number of aromatic nitrogens is 2. The number of hydrogen-bond acceptors (Lipinski definition) is 7. The highest BCUT2D eigenvalue weighted by atomic mass is 16.5. The summed E-state index contributed by atoms with van der Waals surface area (Å²) in [5.74, 6) is 0.756. The van der Waals surface area contributed by atoms with Crippen molar-refractivity contribution in [2.75, 3.05) is 27.2 Å². The van der Waals surface area contributed by atoms with Crippen molar-refractivity contribution in [1.82, 2.24) is 25.5 Å². The van der Waals surface area contributed by atoms with Crippen LogP contribution < -0.4 is 20.1 Å². The fourth-order valence-electron chi connectivity index (χ4n) is 4.03. The zero-order valence-electron chi connectivity index (χ0n) is 20.6. The zero-order valence-corrected chi connectivity index (χ0v) is 20.6. The topological polar surface area (TPSA) is 106 Å². The average Bonchev–Trinajstić information content (AvgIpc) is 2.91.